The minimum absolute atomic E-state index is 0.0464. The number of hydrogen-bond acceptors (Lipinski definition) is 7. The Morgan fingerprint density at radius 1 is 0.911 bits per heavy atom. The molecule has 0 radical (unpaired) electrons. The van der Waals surface area contributed by atoms with E-state index in [1.54, 1.807) is 23.6 Å². The van der Waals surface area contributed by atoms with Crippen LogP contribution in [0.1, 0.15) is 99.2 Å². The second-order valence-corrected chi connectivity index (χ2v) is 15.6. The quantitative estimate of drug-likeness (QED) is 0.332. The summed E-state index contributed by atoms with van der Waals surface area (Å²) in [5.41, 5.74) is 1.81. The van der Waals surface area contributed by atoms with Gasteiger partial charge in [-0.2, -0.15) is 0 Å². The first kappa shape index (κ1) is 32.0. The average Bonchev–Trinajstić information content (AvgIpc) is 3.01. The number of hydrogen-bond donors (Lipinski definition) is 1. The molecule has 0 aliphatic carbocycles. The maximum Gasteiger partial charge on any atom is 0.276 e. The minimum atomic E-state index is -3.09. The van der Waals surface area contributed by atoms with E-state index in [0.717, 1.165) is 44.2 Å². The average molecular weight is 642 g/mol. The number of alkyl halides is 2. The van der Waals surface area contributed by atoms with Gasteiger partial charge in [0.05, 0.1) is 16.9 Å². The standard InChI is InChI=1S/C34H45F2N5O3S/c1-23-26-9-8-10-28(21-26)34(35,36)27-11-17-40(18-12-27)15-6-4-3-5-7-16-41-32-30(31(37-23)38-24(2)39-32)22-29(33(41)42)25-13-19-45(43,44)20-14-25/h8-10,21-23,25,27H,3-7,11-20H2,1-2H3,(H,37,38,39)/t23-/m0/s1. The van der Waals surface area contributed by atoms with Crippen molar-refractivity contribution in [1.82, 2.24) is 19.4 Å². The molecule has 3 aromatic rings. The highest BCUT2D eigenvalue weighted by Gasteiger charge is 2.42. The number of fused-ring (bicyclic) bond motifs is 9. The second-order valence-electron chi connectivity index (χ2n) is 13.3. The fourth-order valence-electron chi connectivity index (χ4n) is 7.38. The van der Waals surface area contributed by atoms with Gasteiger partial charge in [-0.25, -0.2) is 27.2 Å². The van der Waals surface area contributed by atoms with Crippen molar-refractivity contribution in [1.29, 1.82) is 0 Å². The first-order valence-corrected chi connectivity index (χ1v) is 18.4. The number of nitrogens with zero attached hydrogens (tertiary/aromatic N) is 4. The largest absolute Gasteiger partial charge is 0.363 e. The monoisotopic (exact) mass is 641 g/mol. The van der Waals surface area contributed by atoms with E-state index in [9.17, 15) is 13.2 Å². The van der Waals surface area contributed by atoms with Gasteiger partial charge in [0.2, 0.25) is 0 Å². The zero-order valence-electron chi connectivity index (χ0n) is 26.4. The van der Waals surface area contributed by atoms with Crippen molar-refractivity contribution in [2.24, 2.45) is 5.92 Å². The molecule has 244 valence electrons. The lowest BCUT2D eigenvalue weighted by atomic mass is 9.85. The van der Waals surface area contributed by atoms with E-state index in [1.165, 1.54) is 6.07 Å². The first-order chi connectivity index (χ1) is 21.5. The van der Waals surface area contributed by atoms with Crippen LogP contribution in [-0.2, 0) is 22.3 Å². The Bertz CT molecular complexity index is 1690. The van der Waals surface area contributed by atoms with E-state index in [2.05, 4.69) is 10.2 Å². The second kappa shape index (κ2) is 13.1. The van der Waals surface area contributed by atoms with E-state index in [4.69, 9.17) is 9.97 Å². The van der Waals surface area contributed by atoms with Crippen LogP contribution in [0.5, 0.6) is 0 Å². The fraction of sp³-hybridized carbons (Fsp3) is 0.618. The Hall–Kier alpha value is -2.92. The van der Waals surface area contributed by atoms with Crippen molar-refractivity contribution >= 4 is 26.7 Å². The van der Waals surface area contributed by atoms with Crippen molar-refractivity contribution in [2.45, 2.75) is 96.1 Å². The zero-order chi connectivity index (χ0) is 31.8. The Morgan fingerprint density at radius 3 is 2.33 bits per heavy atom. The molecule has 0 saturated carbocycles. The molecule has 1 N–H and O–H groups in total. The number of halogens is 2. The summed E-state index contributed by atoms with van der Waals surface area (Å²) in [6, 6.07) is 8.21. The smallest absolute Gasteiger partial charge is 0.276 e. The summed E-state index contributed by atoms with van der Waals surface area (Å²) in [5, 5.41) is 4.16. The highest BCUT2D eigenvalue weighted by Crippen LogP contribution is 2.42. The van der Waals surface area contributed by atoms with Gasteiger partial charge >= 0.3 is 0 Å². The SMILES string of the molecule is Cc1nc2c3cc(C4CCS(=O)(=O)CC4)c(=O)n(c3n1)CCCCCCCN1CCC(CC1)C(F)(F)c1cccc(c1)[C@H](C)N2. The van der Waals surface area contributed by atoms with Gasteiger partial charge in [-0.3, -0.25) is 9.36 Å². The first-order valence-electron chi connectivity index (χ1n) is 16.6. The lowest BCUT2D eigenvalue weighted by molar-refractivity contribution is -0.0855. The van der Waals surface area contributed by atoms with Gasteiger partial charge in [-0.1, -0.05) is 37.5 Å². The third-order valence-electron chi connectivity index (χ3n) is 10.2. The van der Waals surface area contributed by atoms with Gasteiger partial charge in [-0.05, 0) is 95.6 Å². The van der Waals surface area contributed by atoms with E-state index >= 15 is 8.78 Å². The number of aromatic nitrogens is 3. The van der Waals surface area contributed by atoms with Crippen LogP contribution < -0.4 is 10.9 Å². The minimum Gasteiger partial charge on any atom is -0.363 e. The molecule has 45 heavy (non-hydrogen) atoms. The maximum absolute atomic E-state index is 15.9. The van der Waals surface area contributed by atoms with Crippen molar-refractivity contribution in [3.8, 4) is 0 Å². The molecule has 1 atom stereocenters. The molecule has 2 aromatic heterocycles. The van der Waals surface area contributed by atoms with Gasteiger partial charge < -0.3 is 10.2 Å². The van der Waals surface area contributed by atoms with E-state index < -0.39 is 21.7 Å². The van der Waals surface area contributed by atoms with Crippen LogP contribution in [0, 0.1) is 12.8 Å². The van der Waals surface area contributed by atoms with Gasteiger partial charge in [0.25, 0.3) is 11.5 Å². The summed E-state index contributed by atoms with van der Waals surface area (Å²) < 4.78 is 57.9. The molecular weight excluding hydrogens is 596 g/mol. The lowest BCUT2D eigenvalue weighted by Gasteiger charge is -2.36. The van der Waals surface area contributed by atoms with Gasteiger partial charge in [0, 0.05) is 29.6 Å². The van der Waals surface area contributed by atoms with E-state index in [-0.39, 0.29) is 34.6 Å². The normalized spacial score (nSPS) is 26.3. The summed E-state index contributed by atoms with van der Waals surface area (Å²) in [7, 11) is -3.09. The predicted molar refractivity (Wildman–Crippen MR) is 174 cm³/mol. The molecule has 1 aromatic carbocycles. The molecule has 0 amide bonds. The molecule has 8 bridgehead atoms. The summed E-state index contributed by atoms with van der Waals surface area (Å²) in [6.07, 6.45) is 6.72. The van der Waals surface area contributed by atoms with E-state index in [1.807, 2.05) is 19.1 Å². The van der Waals surface area contributed by atoms with Gasteiger partial charge in [0.1, 0.15) is 27.1 Å². The third-order valence-corrected chi connectivity index (χ3v) is 11.9. The van der Waals surface area contributed by atoms with Crippen LogP contribution >= 0.6 is 0 Å². The Balaban J connectivity index is 1.41. The molecule has 2 fully saturated rings. The molecular formula is C34H45F2N5O3S. The number of sulfone groups is 1. The van der Waals surface area contributed by atoms with E-state index in [0.29, 0.717) is 73.6 Å². The summed E-state index contributed by atoms with van der Waals surface area (Å²) in [4.78, 5) is 25.8. The highest BCUT2D eigenvalue weighted by atomic mass is 32.2. The molecule has 0 spiro atoms. The lowest BCUT2D eigenvalue weighted by Crippen LogP contribution is -2.40. The number of piperidine rings is 1. The zero-order valence-corrected chi connectivity index (χ0v) is 27.2. The van der Waals surface area contributed by atoms with Gasteiger partial charge in [0.15, 0.2) is 0 Å². The number of aryl methyl sites for hydroxylation is 2. The number of pyridine rings is 1. The molecule has 2 saturated heterocycles. The van der Waals surface area contributed by atoms with Crippen LogP contribution in [0.4, 0.5) is 14.6 Å². The Labute approximate surface area is 264 Å². The molecule has 4 aliphatic heterocycles. The van der Waals surface area contributed by atoms with Crippen LogP contribution in [-0.4, -0.2) is 59.0 Å². The highest BCUT2D eigenvalue weighted by molar-refractivity contribution is 7.91. The molecule has 4 aliphatic rings. The molecule has 8 nitrogen and oxygen atoms in total. The van der Waals surface area contributed by atoms with Crippen molar-refractivity contribution in [2.75, 3.05) is 36.5 Å². The number of rotatable bonds is 1. The predicted octanol–water partition coefficient (Wildman–Crippen LogP) is 6.33. The number of benzene rings is 1. The number of nitrogens with one attached hydrogen (secondary N) is 1. The van der Waals surface area contributed by atoms with Gasteiger partial charge in [-0.15, -0.1) is 0 Å². The fourth-order valence-corrected chi connectivity index (χ4v) is 8.87. The van der Waals surface area contributed by atoms with Crippen molar-refractivity contribution in [3.63, 3.8) is 0 Å². The summed E-state index contributed by atoms with van der Waals surface area (Å²) in [6.45, 7) is 6.57. The van der Waals surface area contributed by atoms with Crippen LogP contribution in [0.2, 0.25) is 0 Å². The molecule has 7 rings (SSSR count). The molecule has 11 heteroatoms. The van der Waals surface area contributed by atoms with Crippen molar-refractivity contribution in [3.05, 3.63) is 63.2 Å². The molecule has 6 heterocycles. The molecule has 0 unspecified atom stereocenters. The Kier molecular flexibility index (Phi) is 9.30. The number of anilines is 1. The Morgan fingerprint density at radius 2 is 1.60 bits per heavy atom. The maximum atomic E-state index is 15.9. The van der Waals surface area contributed by atoms with Crippen LogP contribution in [0.25, 0.3) is 11.0 Å². The van der Waals surface area contributed by atoms with Crippen LogP contribution in [0.15, 0.2) is 35.1 Å². The summed E-state index contributed by atoms with van der Waals surface area (Å²) >= 11 is 0. The van der Waals surface area contributed by atoms with Crippen LogP contribution in [0.3, 0.4) is 0 Å². The summed E-state index contributed by atoms with van der Waals surface area (Å²) in [5.74, 6) is -2.58. The topological polar surface area (TPSA) is 97.2 Å². The third kappa shape index (κ3) is 6.94. The van der Waals surface area contributed by atoms with Crippen molar-refractivity contribution < 1.29 is 17.2 Å².